The van der Waals surface area contributed by atoms with Gasteiger partial charge in [0, 0.05) is 0 Å². The average Bonchev–Trinajstić information content (AvgIpc) is 2.30. The molecule has 80 valence electrons. The highest BCUT2D eigenvalue weighted by atomic mass is 15.1. The van der Waals surface area contributed by atoms with Gasteiger partial charge in [0.05, 0.1) is 17.6 Å². The molecule has 0 fully saturated rings. The number of aromatic nitrogens is 2. The SMILES string of the molecule is CC#CCNc1nc2ccccc2nc1N. The molecule has 0 radical (unpaired) electrons. The van der Waals surface area contributed by atoms with Crippen LogP contribution in [0.2, 0.25) is 0 Å². The van der Waals surface area contributed by atoms with E-state index in [-0.39, 0.29) is 0 Å². The van der Waals surface area contributed by atoms with Gasteiger partial charge in [-0.1, -0.05) is 18.1 Å². The average molecular weight is 212 g/mol. The lowest BCUT2D eigenvalue weighted by Crippen LogP contribution is -2.06. The van der Waals surface area contributed by atoms with Crippen LogP contribution in [0.1, 0.15) is 6.92 Å². The predicted octanol–water partition coefficient (Wildman–Crippen LogP) is 1.65. The fraction of sp³-hybridized carbons (Fsp3) is 0.167. The Balaban J connectivity index is 2.36. The molecule has 0 bridgehead atoms. The zero-order valence-corrected chi connectivity index (χ0v) is 8.99. The summed E-state index contributed by atoms with van der Waals surface area (Å²) in [5.74, 6) is 6.66. The Hall–Kier alpha value is -2.28. The van der Waals surface area contributed by atoms with Gasteiger partial charge >= 0.3 is 0 Å². The Kier molecular flexibility index (Phi) is 2.88. The number of para-hydroxylation sites is 2. The summed E-state index contributed by atoms with van der Waals surface area (Å²) < 4.78 is 0. The van der Waals surface area contributed by atoms with Gasteiger partial charge in [-0.3, -0.25) is 0 Å². The molecule has 0 unspecified atom stereocenters. The highest BCUT2D eigenvalue weighted by Gasteiger charge is 2.03. The van der Waals surface area contributed by atoms with E-state index in [0.717, 1.165) is 11.0 Å². The van der Waals surface area contributed by atoms with Crippen molar-refractivity contribution >= 4 is 22.7 Å². The molecule has 0 aliphatic heterocycles. The Bertz CT molecular complexity index is 566. The Morgan fingerprint density at radius 2 is 1.94 bits per heavy atom. The third-order valence-electron chi connectivity index (χ3n) is 2.12. The minimum Gasteiger partial charge on any atom is -0.381 e. The fourth-order valence-electron chi connectivity index (χ4n) is 1.36. The number of rotatable bonds is 2. The second-order valence-electron chi connectivity index (χ2n) is 3.23. The highest BCUT2D eigenvalue weighted by molar-refractivity contribution is 5.79. The topological polar surface area (TPSA) is 63.8 Å². The molecule has 1 aromatic heterocycles. The van der Waals surface area contributed by atoms with Crippen molar-refractivity contribution in [3.8, 4) is 11.8 Å². The van der Waals surface area contributed by atoms with Crippen LogP contribution in [0.5, 0.6) is 0 Å². The molecule has 2 rings (SSSR count). The predicted molar refractivity (Wildman–Crippen MR) is 65.9 cm³/mol. The van der Waals surface area contributed by atoms with Crippen LogP contribution in [-0.4, -0.2) is 16.5 Å². The number of nitrogen functional groups attached to an aromatic ring is 1. The van der Waals surface area contributed by atoms with E-state index in [4.69, 9.17) is 5.73 Å². The molecule has 0 spiro atoms. The van der Waals surface area contributed by atoms with Crippen LogP contribution in [-0.2, 0) is 0 Å². The maximum Gasteiger partial charge on any atom is 0.170 e. The number of nitrogens with two attached hydrogens (primary N) is 1. The van der Waals surface area contributed by atoms with Crippen molar-refractivity contribution in [3.63, 3.8) is 0 Å². The molecular weight excluding hydrogens is 200 g/mol. The van der Waals surface area contributed by atoms with Gasteiger partial charge in [-0.15, -0.1) is 5.92 Å². The first kappa shape index (κ1) is 10.2. The summed E-state index contributed by atoms with van der Waals surface area (Å²) >= 11 is 0. The van der Waals surface area contributed by atoms with Gasteiger partial charge < -0.3 is 11.1 Å². The molecule has 0 aliphatic carbocycles. The van der Waals surface area contributed by atoms with E-state index in [0.29, 0.717) is 18.2 Å². The smallest absolute Gasteiger partial charge is 0.170 e. The third kappa shape index (κ3) is 2.04. The Morgan fingerprint density at radius 1 is 1.25 bits per heavy atom. The second-order valence-corrected chi connectivity index (χ2v) is 3.23. The molecule has 16 heavy (non-hydrogen) atoms. The quantitative estimate of drug-likeness (QED) is 0.743. The first-order valence-electron chi connectivity index (χ1n) is 4.97. The number of nitrogens with zero attached hydrogens (tertiary/aromatic N) is 2. The molecular formula is C12H12N4. The van der Waals surface area contributed by atoms with Gasteiger partial charge in [-0.05, 0) is 19.1 Å². The van der Waals surface area contributed by atoms with Gasteiger partial charge in [0.25, 0.3) is 0 Å². The third-order valence-corrected chi connectivity index (χ3v) is 2.12. The zero-order valence-electron chi connectivity index (χ0n) is 8.99. The number of anilines is 2. The summed E-state index contributed by atoms with van der Waals surface area (Å²) in [5, 5.41) is 3.03. The summed E-state index contributed by atoms with van der Waals surface area (Å²) in [7, 11) is 0. The molecule has 4 heteroatoms. The zero-order chi connectivity index (χ0) is 11.4. The summed E-state index contributed by atoms with van der Waals surface area (Å²) in [6.45, 7) is 2.31. The number of hydrogen-bond donors (Lipinski definition) is 2. The number of nitrogens with one attached hydrogen (secondary N) is 1. The van der Waals surface area contributed by atoms with Crippen molar-refractivity contribution < 1.29 is 0 Å². The van der Waals surface area contributed by atoms with Gasteiger partial charge in [0.1, 0.15) is 0 Å². The van der Waals surface area contributed by atoms with Gasteiger partial charge in [0.15, 0.2) is 11.6 Å². The molecule has 0 atom stereocenters. The Morgan fingerprint density at radius 3 is 2.62 bits per heavy atom. The molecule has 3 N–H and O–H groups in total. The van der Waals surface area contributed by atoms with Crippen LogP contribution in [0.25, 0.3) is 11.0 Å². The highest BCUT2D eigenvalue weighted by Crippen LogP contribution is 2.17. The monoisotopic (exact) mass is 212 g/mol. The molecule has 4 nitrogen and oxygen atoms in total. The van der Waals surface area contributed by atoms with Crippen molar-refractivity contribution in [2.75, 3.05) is 17.6 Å². The van der Waals surface area contributed by atoms with Crippen LogP contribution >= 0.6 is 0 Å². The fourth-order valence-corrected chi connectivity index (χ4v) is 1.36. The van der Waals surface area contributed by atoms with Crippen LogP contribution in [0, 0.1) is 11.8 Å². The molecule has 0 saturated carbocycles. The van der Waals surface area contributed by atoms with Crippen molar-refractivity contribution in [2.45, 2.75) is 6.92 Å². The molecule has 0 aliphatic rings. The van der Waals surface area contributed by atoms with E-state index in [9.17, 15) is 0 Å². The largest absolute Gasteiger partial charge is 0.381 e. The van der Waals surface area contributed by atoms with Crippen molar-refractivity contribution in [1.82, 2.24) is 9.97 Å². The van der Waals surface area contributed by atoms with Gasteiger partial charge in [-0.25, -0.2) is 9.97 Å². The van der Waals surface area contributed by atoms with E-state index in [1.165, 1.54) is 0 Å². The molecule has 0 saturated heterocycles. The van der Waals surface area contributed by atoms with Crippen LogP contribution in [0.15, 0.2) is 24.3 Å². The minimum atomic E-state index is 0.400. The summed E-state index contributed by atoms with van der Waals surface area (Å²) in [6.07, 6.45) is 0. The summed E-state index contributed by atoms with van der Waals surface area (Å²) in [4.78, 5) is 8.64. The van der Waals surface area contributed by atoms with Gasteiger partial charge in [0.2, 0.25) is 0 Å². The number of fused-ring (bicyclic) bond motifs is 1. The lowest BCUT2D eigenvalue weighted by molar-refractivity contribution is 1.24. The maximum absolute atomic E-state index is 5.78. The molecule has 2 aromatic rings. The number of benzene rings is 1. The van der Waals surface area contributed by atoms with Crippen molar-refractivity contribution in [2.24, 2.45) is 0 Å². The normalized spacial score (nSPS) is 9.56. The van der Waals surface area contributed by atoms with E-state index < -0.39 is 0 Å². The van der Waals surface area contributed by atoms with E-state index >= 15 is 0 Å². The van der Waals surface area contributed by atoms with Crippen LogP contribution in [0.3, 0.4) is 0 Å². The first-order valence-corrected chi connectivity index (χ1v) is 4.97. The summed E-state index contributed by atoms with van der Waals surface area (Å²) in [5.41, 5.74) is 7.41. The van der Waals surface area contributed by atoms with Crippen molar-refractivity contribution in [1.29, 1.82) is 0 Å². The molecule has 1 heterocycles. The van der Waals surface area contributed by atoms with E-state index in [1.807, 2.05) is 24.3 Å². The Labute approximate surface area is 93.9 Å². The van der Waals surface area contributed by atoms with E-state index in [2.05, 4.69) is 27.1 Å². The molecule has 0 amide bonds. The van der Waals surface area contributed by atoms with Gasteiger partial charge in [-0.2, -0.15) is 0 Å². The van der Waals surface area contributed by atoms with E-state index in [1.54, 1.807) is 6.92 Å². The standard InChI is InChI=1S/C12H12N4/c1-2-3-8-14-12-11(13)15-9-6-4-5-7-10(9)16-12/h4-7H,8H2,1H3,(H2,13,15)(H,14,16). The lowest BCUT2D eigenvalue weighted by atomic mass is 10.3. The summed E-state index contributed by atoms with van der Waals surface area (Å²) in [6, 6.07) is 7.61. The lowest BCUT2D eigenvalue weighted by Gasteiger charge is -2.06. The van der Waals surface area contributed by atoms with Crippen LogP contribution < -0.4 is 11.1 Å². The minimum absolute atomic E-state index is 0.400. The van der Waals surface area contributed by atoms with Crippen molar-refractivity contribution in [3.05, 3.63) is 24.3 Å². The maximum atomic E-state index is 5.78. The number of hydrogen-bond acceptors (Lipinski definition) is 4. The first-order chi connectivity index (χ1) is 7.81. The van der Waals surface area contributed by atoms with Crippen LogP contribution in [0.4, 0.5) is 11.6 Å². The second kappa shape index (κ2) is 4.49. The molecule has 1 aromatic carbocycles.